The molecule has 5 heteroatoms. The summed E-state index contributed by atoms with van der Waals surface area (Å²) in [7, 11) is -0.395. The highest BCUT2D eigenvalue weighted by molar-refractivity contribution is 6.52. The van der Waals surface area contributed by atoms with Gasteiger partial charge in [0.1, 0.15) is 0 Å². The Bertz CT molecular complexity index is 510. The van der Waals surface area contributed by atoms with E-state index in [9.17, 15) is 5.11 Å². The van der Waals surface area contributed by atoms with Gasteiger partial charge in [0, 0.05) is 11.8 Å². The summed E-state index contributed by atoms with van der Waals surface area (Å²) in [6.07, 6.45) is 3.58. The van der Waals surface area contributed by atoms with Crippen LogP contribution >= 0.6 is 0 Å². The number of aliphatic hydroxyl groups excluding tert-OH is 1. The molecule has 2 heterocycles. The number of aromatic nitrogens is 1. The molecule has 0 unspecified atom stereocenters. The molecule has 108 valence electrons. The molecule has 1 aromatic heterocycles. The Hall–Kier alpha value is -1.17. The quantitative estimate of drug-likeness (QED) is 0.861. The molecule has 1 saturated heterocycles. The second kappa shape index (κ2) is 5.32. The van der Waals surface area contributed by atoms with Gasteiger partial charge in [0.2, 0.25) is 0 Å². The lowest BCUT2D eigenvalue weighted by molar-refractivity contribution is 0.00578. The summed E-state index contributed by atoms with van der Waals surface area (Å²) in [5, 5.41) is 9.42. The molecule has 4 nitrogen and oxygen atoms in total. The molecule has 0 aromatic carbocycles. The number of hydrogen-bond donors (Lipinski definition) is 1. The van der Waals surface area contributed by atoms with Crippen molar-refractivity contribution in [3.63, 3.8) is 0 Å². The van der Waals surface area contributed by atoms with E-state index in [2.05, 4.69) is 4.98 Å². The van der Waals surface area contributed by atoms with Gasteiger partial charge in [-0.1, -0.05) is 5.98 Å². The van der Waals surface area contributed by atoms with Crippen LogP contribution < -0.4 is 0 Å². The minimum absolute atomic E-state index is 0.0251. The predicted molar refractivity (Wildman–Crippen MR) is 80.0 cm³/mol. The maximum absolute atomic E-state index is 9.42. The summed E-state index contributed by atoms with van der Waals surface area (Å²) in [5.74, 6) is 1.84. The molecule has 2 rings (SSSR count). The van der Waals surface area contributed by atoms with Crippen LogP contribution in [0.15, 0.2) is 18.2 Å². The van der Waals surface area contributed by atoms with Crippen molar-refractivity contribution in [3.8, 4) is 0 Å². The predicted octanol–water partition coefficient (Wildman–Crippen LogP) is 2.53. The van der Waals surface area contributed by atoms with E-state index in [1.54, 1.807) is 6.20 Å². The van der Waals surface area contributed by atoms with Crippen molar-refractivity contribution < 1.29 is 14.4 Å². The Morgan fingerprint density at radius 1 is 1.25 bits per heavy atom. The van der Waals surface area contributed by atoms with Crippen LogP contribution in [0.5, 0.6) is 0 Å². The van der Waals surface area contributed by atoms with Crippen LogP contribution in [0.4, 0.5) is 0 Å². The number of hydrogen-bond acceptors (Lipinski definition) is 4. The molecule has 0 saturated carbocycles. The van der Waals surface area contributed by atoms with Gasteiger partial charge < -0.3 is 14.4 Å². The molecule has 1 fully saturated rings. The highest BCUT2D eigenvalue weighted by atomic mass is 16.7. The highest BCUT2D eigenvalue weighted by Gasteiger charge is 2.50. The van der Waals surface area contributed by atoms with Crippen molar-refractivity contribution in [3.05, 3.63) is 35.1 Å². The maximum atomic E-state index is 9.42. The Labute approximate surface area is 121 Å². The lowest BCUT2D eigenvalue weighted by Crippen LogP contribution is -2.41. The van der Waals surface area contributed by atoms with Crippen molar-refractivity contribution in [1.29, 1.82) is 0 Å². The molecule has 0 aliphatic carbocycles. The molecular formula is C15H22BNO3. The van der Waals surface area contributed by atoms with E-state index in [1.165, 1.54) is 0 Å². The summed E-state index contributed by atoms with van der Waals surface area (Å²) >= 11 is 0. The maximum Gasteiger partial charge on any atom is 0.487 e. The van der Waals surface area contributed by atoms with Crippen LogP contribution in [0.3, 0.4) is 0 Å². The summed E-state index contributed by atoms with van der Waals surface area (Å²) in [4.78, 5) is 4.29. The van der Waals surface area contributed by atoms with Crippen LogP contribution in [0, 0.1) is 6.92 Å². The van der Waals surface area contributed by atoms with Crippen molar-refractivity contribution in [2.75, 3.05) is 0 Å². The zero-order chi connectivity index (χ0) is 15.0. The standard InChI is InChI=1S/C15H22BNO3/c1-11-7-9-17-13(12(11)10-18)6-8-16-19-14(2,3)15(4,5)20-16/h6-9,18H,10H2,1-5H3/b8-6+. The monoisotopic (exact) mass is 275 g/mol. The number of aryl methyl sites for hydroxylation is 1. The number of aliphatic hydroxyl groups is 1. The minimum atomic E-state index is -0.395. The third-order valence-corrected chi connectivity index (χ3v) is 4.16. The van der Waals surface area contributed by atoms with Gasteiger partial charge in [-0.15, -0.1) is 0 Å². The van der Waals surface area contributed by atoms with Gasteiger partial charge in [0.05, 0.1) is 23.5 Å². The molecule has 1 N–H and O–H groups in total. The molecule has 0 atom stereocenters. The van der Waals surface area contributed by atoms with E-state index in [1.807, 2.05) is 52.7 Å². The highest BCUT2D eigenvalue weighted by Crippen LogP contribution is 2.37. The van der Waals surface area contributed by atoms with Crippen LogP contribution in [-0.2, 0) is 15.9 Å². The second-order valence-electron chi connectivity index (χ2n) is 6.13. The Balaban J connectivity index is 2.18. The van der Waals surface area contributed by atoms with E-state index >= 15 is 0 Å². The fraction of sp³-hybridized carbons (Fsp3) is 0.533. The van der Waals surface area contributed by atoms with Crippen LogP contribution in [-0.4, -0.2) is 28.4 Å². The summed E-state index contributed by atoms with van der Waals surface area (Å²) in [5.41, 5.74) is 1.92. The van der Waals surface area contributed by atoms with Gasteiger partial charge in [-0.25, -0.2) is 0 Å². The number of rotatable bonds is 3. The lowest BCUT2D eigenvalue weighted by Gasteiger charge is -2.32. The lowest BCUT2D eigenvalue weighted by atomic mass is 9.89. The zero-order valence-electron chi connectivity index (χ0n) is 12.8. The van der Waals surface area contributed by atoms with Gasteiger partial charge >= 0.3 is 7.12 Å². The van der Waals surface area contributed by atoms with E-state index in [-0.39, 0.29) is 17.8 Å². The summed E-state index contributed by atoms with van der Waals surface area (Å²) in [6.45, 7) is 10.0. The first kappa shape index (κ1) is 15.2. The van der Waals surface area contributed by atoms with E-state index in [4.69, 9.17) is 9.31 Å². The average molecular weight is 275 g/mol. The first-order valence-electron chi connectivity index (χ1n) is 6.86. The number of nitrogens with zero attached hydrogens (tertiary/aromatic N) is 1. The van der Waals surface area contributed by atoms with Gasteiger partial charge in [-0.3, -0.25) is 4.98 Å². The first-order chi connectivity index (χ1) is 9.27. The summed E-state index contributed by atoms with van der Waals surface area (Å²) in [6, 6.07) is 1.89. The number of pyridine rings is 1. The van der Waals surface area contributed by atoms with E-state index in [0.29, 0.717) is 0 Å². The van der Waals surface area contributed by atoms with E-state index in [0.717, 1.165) is 16.8 Å². The van der Waals surface area contributed by atoms with Crippen molar-refractivity contribution in [2.24, 2.45) is 0 Å². The van der Waals surface area contributed by atoms with Crippen molar-refractivity contribution in [1.82, 2.24) is 4.98 Å². The van der Waals surface area contributed by atoms with Gasteiger partial charge in [0.25, 0.3) is 0 Å². The van der Waals surface area contributed by atoms with Gasteiger partial charge in [-0.05, 0) is 52.3 Å². The minimum Gasteiger partial charge on any atom is -0.400 e. The SMILES string of the molecule is Cc1ccnc(/C=C/B2OC(C)(C)C(C)(C)O2)c1CO. The Morgan fingerprint density at radius 3 is 2.40 bits per heavy atom. The molecule has 0 radical (unpaired) electrons. The third-order valence-electron chi connectivity index (χ3n) is 4.16. The Morgan fingerprint density at radius 2 is 1.85 bits per heavy atom. The van der Waals surface area contributed by atoms with Crippen LogP contribution in [0.2, 0.25) is 0 Å². The van der Waals surface area contributed by atoms with Crippen molar-refractivity contribution >= 4 is 13.2 Å². The smallest absolute Gasteiger partial charge is 0.400 e. The summed E-state index contributed by atoms with van der Waals surface area (Å²) < 4.78 is 11.8. The molecule has 1 aliphatic rings. The van der Waals surface area contributed by atoms with Crippen molar-refractivity contribution in [2.45, 2.75) is 52.4 Å². The van der Waals surface area contributed by atoms with Gasteiger partial charge in [-0.2, -0.15) is 0 Å². The third kappa shape index (κ3) is 2.80. The first-order valence-corrected chi connectivity index (χ1v) is 6.86. The Kier molecular flexibility index (Phi) is 4.05. The molecule has 0 amide bonds. The fourth-order valence-corrected chi connectivity index (χ4v) is 2.10. The topological polar surface area (TPSA) is 51.6 Å². The molecule has 0 spiro atoms. The van der Waals surface area contributed by atoms with Crippen LogP contribution in [0.1, 0.15) is 44.5 Å². The largest absolute Gasteiger partial charge is 0.487 e. The zero-order valence-corrected chi connectivity index (χ0v) is 12.8. The second-order valence-corrected chi connectivity index (χ2v) is 6.13. The molecule has 0 bridgehead atoms. The molecular weight excluding hydrogens is 253 g/mol. The molecule has 20 heavy (non-hydrogen) atoms. The fourth-order valence-electron chi connectivity index (χ4n) is 2.10. The average Bonchev–Trinajstić information content (AvgIpc) is 2.55. The normalized spacial score (nSPS) is 20.8. The van der Waals surface area contributed by atoms with Gasteiger partial charge in [0.15, 0.2) is 0 Å². The van der Waals surface area contributed by atoms with Crippen LogP contribution in [0.25, 0.3) is 6.08 Å². The van der Waals surface area contributed by atoms with E-state index < -0.39 is 7.12 Å². The molecule has 1 aromatic rings. The molecule has 1 aliphatic heterocycles.